The van der Waals surface area contributed by atoms with E-state index < -0.39 is 11.8 Å². The molecule has 0 saturated carbocycles. The number of hydrogen-bond donors (Lipinski definition) is 4. The highest BCUT2D eigenvalue weighted by Crippen LogP contribution is 2.03. The summed E-state index contributed by atoms with van der Waals surface area (Å²) in [6.45, 7) is 0.251. The second-order valence-electron chi connectivity index (χ2n) is 3.09. The quantitative estimate of drug-likeness (QED) is 0.414. The zero-order valence-corrected chi connectivity index (χ0v) is 11.5. The molecular formula is C10H13IN4O3. The Morgan fingerprint density at radius 2 is 1.50 bits per heavy atom. The maximum Gasteiger partial charge on any atom is 0.248 e. The van der Waals surface area contributed by atoms with E-state index in [4.69, 9.17) is 17.2 Å². The molecule has 7 N–H and O–H groups in total. The van der Waals surface area contributed by atoms with Crippen LogP contribution in [0.2, 0.25) is 0 Å². The topological polar surface area (TPSA) is 141 Å². The largest absolute Gasteiger partial charge is 0.369 e. The van der Waals surface area contributed by atoms with Gasteiger partial charge in [0.2, 0.25) is 17.7 Å². The molecule has 0 radical (unpaired) electrons. The van der Waals surface area contributed by atoms with Crippen molar-refractivity contribution in [3.63, 3.8) is 0 Å². The van der Waals surface area contributed by atoms with E-state index in [2.05, 4.69) is 3.53 Å². The highest BCUT2D eigenvalue weighted by molar-refractivity contribution is 14.1. The summed E-state index contributed by atoms with van der Waals surface area (Å²) >= 11 is 1.85. The van der Waals surface area contributed by atoms with Gasteiger partial charge in [-0.2, -0.15) is 0 Å². The molecule has 1 aromatic carbocycles. The Kier molecular flexibility index (Phi) is 7.63. The molecule has 0 aliphatic carbocycles. The minimum absolute atomic E-state index is 0.251. The van der Waals surface area contributed by atoms with Gasteiger partial charge in [-0.05, 0) is 18.2 Å². The van der Waals surface area contributed by atoms with Gasteiger partial charge in [-0.3, -0.25) is 17.9 Å². The highest BCUT2D eigenvalue weighted by Gasteiger charge is 2.03. The fourth-order valence-corrected chi connectivity index (χ4v) is 1.27. The van der Waals surface area contributed by atoms with Crippen LogP contribution in [0.3, 0.4) is 0 Å². The van der Waals surface area contributed by atoms with Gasteiger partial charge in [0.15, 0.2) is 0 Å². The molecule has 0 aliphatic heterocycles. The number of nitrogens with two attached hydrogens (primary N) is 3. The Morgan fingerprint density at radius 1 is 1.06 bits per heavy atom. The Balaban J connectivity index is 0.000000411. The molecule has 0 atom stereocenters. The van der Waals surface area contributed by atoms with E-state index >= 15 is 0 Å². The standard InChI is InChI=1S/C8H8N2O2.C2H5IN2O/c9-7(11)5-2-1-3-6(4-5)8(10)12;3-5-1-2(4)6/h1-4H,(H2,9,11)(H2,10,12);5H,1H2,(H2,4,6). The number of halogens is 1. The lowest BCUT2D eigenvalue weighted by atomic mass is 10.1. The maximum absolute atomic E-state index is 10.6. The minimum Gasteiger partial charge on any atom is -0.369 e. The first-order valence-corrected chi connectivity index (χ1v) is 5.77. The van der Waals surface area contributed by atoms with Crippen molar-refractivity contribution in [2.75, 3.05) is 6.54 Å². The molecule has 0 aliphatic rings. The number of carbonyl (C=O) groups is 3. The first kappa shape index (κ1) is 16.3. The molecular weight excluding hydrogens is 351 g/mol. The summed E-state index contributed by atoms with van der Waals surface area (Å²) < 4.78 is 2.56. The molecule has 0 aromatic heterocycles. The van der Waals surface area contributed by atoms with Gasteiger partial charge in [0.25, 0.3) is 0 Å². The molecule has 1 aromatic rings. The van der Waals surface area contributed by atoms with Crippen molar-refractivity contribution in [3.05, 3.63) is 35.4 Å². The van der Waals surface area contributed by atoms with Crippen LogP contribution in [0.15, 0.2) is 24.3 Å². The van der Waals surface area contributed by atoms with Crippen molar-refractivity contribution >= 4 is 40.6 Å². The van der Waals surface area contributed by atoms with Crippen LogP contribution in [-0.2, 0) is 4.79 Å². The van der Waals surface area contributed by atoms with Crippen LogP contribution in [0.25, 0.3) is 0 Å². The van der Waals surface area contributed by atoms with Crippen molar-refractivity contribution < 1.29 is 14.4 Å². The van der Waals surface area contributed by atoms with Gasteiger partial charge >= 0.3 is 0 Å². The third-order valence-electron chi connectivity index (χ3n) is 1.67. The predicted octanol–water partition coefficient (Wildman–Crippen LogP) is -0.704. The smallest absolute Gasteiger partial charge is 0.248 e. The summed E-state index contributed by atoms with van der Waals surface area (Å²) in [5.41, 5.74) is 15.2. The number of carbonyl (C=O) groups excluding carboxylic acids is 3. The monoisotopic (exact) mass is 364 g/mol. The molecule has 0 saturated heterocycles. The molecule has 0 unspecified atom stereocenters. The number of amides is 3. The predicted molar refractivity (Wildman–Crippen MR) is 74.7 cm³/mol. The van der Waals surface area contributed by atoms with E-state index in [-0.39, 0.29) is 23.6 Å². The van der Waals surface area contributed by atoms with Crippen molar-refractivity contribution in [1.29, 1.82) is 0 Å². The lowest BCUT2D eigenvalue weighted by Gasteiger charge is -1.97. The summed E-state index contributed by atoms with van der Waals surface area (Å²) in [7, 11) is 0. The summed E-state index contributed by atoms with van der Waals surface area (Å²) in [4.78, 5) is 31.0. The maximum atomic E-state index is 10.6. The summed E-state index contributed by atoms with van der Waals surface area (Å²) in [6.07, 6.45) is 0. The molecule has 3 amide bonds. The molecule has 98 valence electrons. The van der Waals surface area contributed by atoms with Gasteiger partial charge in [-0.15, -0.1) is 0 Å². The molecule has 0 bridgehead atoms. The van der Waals surface area contributed by atoms with Gasteiger partial charge in [0.1, 0.15) is 0 Å². The van der Waals surface area contributed by atoms with Crippen LogP contribution < -0.4 is 20.7 Å². The van der Waals surface area contributed by atoms with E-state index in [0.717, 1.165) is 0 Å². The average molecular weight is 364 g/mol. The van der Waals surface area contributed by atoms with E-state index in [1.54, 1.807) is 6.07 Å². The SMILES string of the molecule is NC(=O)CNI.NC(=O)c1cccc(C(N)=O)c1. The Hall–Kier alpha value is -1.68. The van der Waals surface area contributed by atoms with Crippen LogP contribution in [-0.4, -0.2) is 24.3 Å². The molecule has 0 spiro atoms. The van der Waals surface area contributed by atoms with E-state index in [1.165, 1.54) is 18.2 Å². The lowest BCUT2D eigenvalue weighted by Crippen LogP contribution is -2.21. The van der Waals surface area contributed by atoms with E-state index in [0.29, 0.717) is 0 Å². The van der Waals surface area contributed by atoms with Crippen molar-refractivity contribution in [2.24, 2.45) is 17.2 Å². The van der Waals surface area contributed by atoms with Gasteiger partial charge in [-0.25, -0.2) is 0 Å². The third kappa shape index (κ3) is 6.81. The summed E-state index contributed by atoms with van der Waals surface area (Å²) in [6, 6.07) is 5.97. The molecule has 0 fully saturated rings. The molecule has 0 heterocycles. The number of nitrogens with one attached hydrogen (secondary N) is 1. The van der Waals surface area contributed by atoms with Crippen LogP contribution in [0.1, 0.15) is 20.7 Å². The van der Waals surface area contributed by atoms with Crippen LogP contribution >= 0.6 is 22.9 Å². The molecule has 7 nitrogen and oxygen atoms in total. The summed E-state index contributed by atoms with van der Waals surface area (Å²) in [5, 5.41) is 0. The van der Waals surface area contributed by atoms with Gasteiger partial charge in [-0.1, -0.05) is 6.07 Å². The van der Waals surface area contributed by atoms with E-state index in [1.807, 2.05) is 22.9 Å². The lowest BCUT2D eigenvalue weighted by molar-refractivity contribution is -0.116. The average Bonchev–Trinajstić information content (AvgIpc) is 2.29. The highest BCUT2D eigenvalue weighted by atomic mass is 127. The van der Waals surface area contributed by atoms with Crippen molar-refractivity contribution in [3.8, 4) is 0 Å². The second-order valence-corrected chi connectivity index (χ2v) is 3.85. The van der Waals surface area contributed by atoms with Crippen LogP contribution in [0.5, 0.6) is 0 Å². The third-order valence-corrected chi connectivity index (χ3v) is 2.05. The fraction of sp³-hybridized carbons (Fsp3) is 0.100. The Bertz CT molecular complexity index is 421. The van der Waals surface area contributed by atoms with Crippen LogP contribution in [0, 0.1) is 0 Å². The Morgan fingerprint density at radius 3 is 1.72 bits per heavy atom. The first-order valence-electron chi connectivity index (χ1n) is 4.70. The number of primary amides is 3. The van der Waals surface area contributed by atoms with Gasteiger partial charge < -0.3 is 17.2 Å². The second kappa shape index (κ2) is 8.42. The van der Waals surface area contributed by atoms with Crippen molar-refractivity contribution in [2.45, 2.75) is 0 Å². The number of benzene rings is 1. The summed E-state index contributed by atoms with van der Waals surface area (Å²) in [5.74, 6) is -1.47. The van der Waals surface area contributed by atoms with E-state index in [9.17, 15) is 14.4 Å². The van der Waals surface area contributed by atoms with Crippen LogP contribution in [0.4, 0.5) is 0 Å². The molecule has 18 heavy (non-hydrogen) atoms. The fourth-order valence-electron chi connectivity index (χ4n) is 0.892. The van der Waals surface area contributed by atoms with Gasteiger partial charge in [0, 0.05) is 34.0 Å². The number of hydrogen-bond acceptors (Lipinski definition) is 4. The molecule has 1 rings (SSSR count). The minimum atomic E-state index is -0.571. The zero-order chi connectivity index (χ0) is 14.1. The normalized spacial score (nSPS) is 8.94. The van der Waals surface area contributed by atoms with Gasteiger partial charge in [0.05, 0.1) is 6.54 Å². The first-order chi connectivity index (χ1) is 8.38. The Labute approximate surface area is 118 Å². The zero-order valence-electron chi connectivity index (χ0n) is 9.35. The molecule has 8 heteroatoms. The van der Waals surface area contributed by atoms with Crippen molar-refractivity contribution in [1.82, 2.24) is 3.53 Å². The number of rotatable bonds is 4.